The van der Waals surface area contributed by atoms with Gasteiger partial charge in [-0.2, -0.15) is 0 Å². The molecule has 198 valence electrons. The number of amides is 2. The molecular formula is C30H39N3O4. The van der Waals surface area contributed by atoms with Crippen LogP contribution in [0.15, 0.2) is 72.9 Å². The van der Waals surface area contributed by atoms with Gasteiger partial charge in [0.15, 0.2) is 0 Å². The first-order valence-corrected chi connectivity index (χ1v) is 12.9. The molecule has 0 radical (unpaired) electrons. The molecule has 0 spiro atoms. The van der Waals surface area contributed by atoms with E-state index in [1.807, 2.05) is 71.8 Å². The van der Waals surface area contributed by atoms with Crippen molar-refractivity contribution in [2.75, 3.05) is 33.9 Å². The Bertz CT molecular complexity index is 1110. The van der Waals surface area contributed by atoms with Crippen LogP contribution >= 0.6 is 0 Å². The number of ether oxygens (including phenoxy) is 2. The number of nitrogens with zero attached hydrogens (tertiary/aromatic N) is 3. The summed E-state index contributed by atoms with van der Waals surface area (Å²) in [6.07, 6.45) is 4.21. The van der Waals surface area contributed by atoms with Crippen molar-refractivity contribution >= 4 is 11.8 Å². The van der Waals surface area contributed by atoms with Gasteiger partial charge in [0.25, 0.3) is 0 Å². The third kappa shape index (κ3) is 8.79. The average Bonchev–Trinajstić information content (AvgIpc) is 3.35. The predicted octanol–water partition coefficient (Wildman–Crippen LogP) is 4.74. The molecule has 0 atom stereocenters. The van der Waals surface area contributed by atoms with Crippen LogP contribution in [0.25, 0.3) is 0 Å². The largest absolute Gasteiger partial charge is 0.497 e. The molecule has 1 aromatic heterocycles. The second kappa shape index (κ2) is 14.9. The van der Waals surface area contributed by atoms with Crippen LogP contribution in [0.1, 0.15) is 43.0 Å². The topological polar surface area (TPSA) is 64.0 Å². The van der Waals surface area contributed by atoms with E-state index in [0.717, 1.165) is 35.4 Å². The second-order valence-corrected chi connectivity index (χ2v) is 9.13. The molecule has 0 aliphatic rings. The minimum absolute atomic E-state index is 0.00619. The molecule has 0 aliphatic heterocycles. The smallest absolute Gasteiger partial charge is 0.242 e. The molecule has 2 aromatic carbocycles. The van der Waals surface area contributed by atoms with Crippen LogP contribution in [0.3, 0.4) is 0 Å². The Balaban J connectivity index is 1.80. The highest BCUT2D eigenvalue weighted by Crippen LogP contribution is 2.17. The van der Waals surface area contributed by atoms with Crippen molar-refractivity contribution in [2.45, 2.75) is 45.8 Å². The van der Waals surface area contributed by atoms with Crippen molar-refractivity contribution in [3.8, 4) is 5.75 Å². The Morgan fingerprint density at radius 1 is 0.865 bits per heavy atom. The van der Waals surface area contributed by atoms with Gasteiger partial charge in [0, 0.05) is 45.1 Å². The van der Waals surface area contributed by atoms with Crippen LogP contribution in [-0.2, 0) is 34.0 Å². The van der Waals surface area contributed by atoms with E-state index in [9.17, 15) is 9.59 Å². The number of unbranched alkanes of at least 4 members (excludes halogenated alkanes) is 1. The lowest BCUT2D eigenvalue weighted by Crippen LogP contribution is -2.43. The van der Waals surface area contributed by atoms with Gasteiger partial charge < -0.3 is 23.8 Å². The maximum absolute atomic E-state index is 13.6. The van der Waals surface area contributed by atoms with Crippen molar-refractivity contribution < 1.29 is 19.1 Å². The van der Waals surface area contributed by atoms with E-state index in [1.165, 1.54) is 0 Å². The average molecular weight is 506 g/mol. The van der Waals surface area contributed by atoms with Crippen molar-refractivity contribution in [3.05, 3.63) is 89.7 Å². The minimum atomic E-state index is -0.0843. The van der Waals surface area contributed by atoms with Gasteiger partial charge in [-0.25, -0.2) is 0 Å². The molecule has 7 heteroatoms. The molecule has 1 heterocycles. The fraction of sp³-hybridized carbons (Fsp3) is 0.400. The van der Waals surface area contributed by atoms with Gasteiger partial charge in [0.1, 0.15) is 5.75 Å². The molecule has 3 rings (SSSR count). The lowest BCUT2D eigenvalue weighted by Gasteiger charge is -2.28. The highest BCUT2D eigenvalue weighted by Gasteiger charge is 2.22. The minimum Gasteiger partial charge on any atom is -0.497 e. The Morgan fingerprint density at radius 3 is 2.38 bits per heavy atom. The van der Waals surface area contributed by atoms with Crippen molar-refractivity contribution in [3.63, 3.8) is 0 Å². The summed E-state index contributed by atoms with van der Waals surface area (Å²) in [5.41, 5.74) is 3.18. The molecule has 0 aliphatic carbocycles. The standard InChI is InChI=1S/C30H39N3O4/c1-4-5-16-29(34)32(18-19-36-2)24-30(35)33(21-25-11-7-6-8-12-25)23-27-14-10-17-31(27)22-26-13-9-15-28(20-26)37-3/h6-15,17,20H,4-5,16,18-19,21-24H2,1-3H3. The Kier molecular flexibility index (Phi) is 11.2. The van der Waals surface area contributed by atoms with Crippen molar-refractivity contribution in [1.29, 1.82) is 0 Å². The highest BCUT2D eigenvalue weighted by molar-refractivity contribution is 5.84. The first-order valence-electron chi connectivity index (χ1n) is 12.9. The zero-order chi connectivity index (χ0) is 26.5. The molecule has 0 saturated carbocycles. The summed E-state index contributed by atoms with van der Waals surface area (Å²) in [4.78, 5) is 29.9. The van der Waals surface area contributed by atoms with Crippen LogP contribution < -0.4 is 4.74 Å². The van der Waals surface area contributed by atoms with E-state index < -0.39 is 0 Å². The van der Waals surface area contributed by atoms with Gasteiger partial charge in [0.05, 0.1) is 26.8 Å². The van der Waals surface area contributed by atoms with Gasteiger partial charge in [-0.1, -0.05) is 55.8 Å². The molecule has 0 fully saturated rings. The second-order valence-electron chi connectivity index (χ2n) is 9.13. The van der Waals surface area contributed by atoms with Gasteiger partial charge in [0.2, 0.25) is 11.8 Å². The lowest BCUT2D eigenvalue weighted by molar-refractivity contribution is -0.141. The number of hydrogen-bond donors (Lipinski definition) is 0. The van der Waals surface area contributed by atoms with Crippen LogP contribution in [0.5, 0.6) is 5.75 Å². The third-order valence-electron chi connectivity index (χ3n) is 6.32. The van der Waals surface area contributed by atoms with E-state index in [1.54, 1.807) is 19.1 Å². The monoisotopic (exact) mass is 505 g/mol. The first kappa shape index (κ1) is 28.0. The fourth-order valence-corrected chi connectivity index (χ4v) is 4.19. The summed E-state index contributed by atoms with van der Waals surface area (Å²) >= 11 is 0. The Labute approximate surface area is 220 Å². The van der Waals surface area contributed by atoms with Crippen LogP contribution in [0, 0.1) is 0 Å². The zero-order valence-corrected chi connectivity index (χ0v) is 22.3. The predicted molar refractivity (Wildman–Crippen MR) is 145 cm³/mol. The van der Waals surface area contributed by atoms with Crippen molar-refractivity contribution in [2.24, 2.45) is 0 Å². The molecule has 0 saturated heterocycles. The number of benzene rings is 2. The molecule has 0 unspecified atom stereocenters. The summed E-state index contributed by atoms with van der Waals surface area (Å²) in [5.74, 6) is 0.725. The van der Waals surface area contributed by atoms with Crippen LogP contribution in [-0.4, -0.2) is 60.1 Å². The lowest BCUT2D eigenvalue weighted by atomic mass is 10.2. The van der Waals surface area contributed by atoms with E-state index in [0.29, 0.717) is 39.2 Å². The van der Waals surface area contributed by atoms with E-state index in [2.05, 4.69) is 17.6 Å². The van der Waals surface area contributed by atoms with Gasteiger partial charge in [-0.15, -0.1) is 0 Å². The molecular weight excluding hydrogens is 466 g/mol. The summed E-state index contributed by atoms with van der Waals surface area (Å²) in [6, 6.07) is 22.0. The fourth-order valence-electron chi connectivity index (χ4n) is 4.19. The molecule has 7 nitrogen and oxygen atoms in total. The molecule has 37 heavy (non-hydrogen) atoms. The normalized spacial score (nSPS) is 10.8. The number of aromatic nitrogens is 1. The van der Waals surface area contributed by atoms with E-state index >= 15 is 0 Å². The van der Waals surface area contributed by atoms with Crippen LogP contribution in [0.2, 0.25) is 0 Å². The quantitative estimate of drug-likeness (QED) is 0.299. The van der Waals surface area contributed by atoms with Gasteiger partial charge >= 0.3 is 0 Å². The maximum Gasteiger partial charge on any atom is 0.242 e. The summed E-state index contributed by atoms with van der Waals surface area (Å²) in [7, 11) is 3.27. The SMILES string of the molecule is CCCCC(=O)N(CCOC)CC(=O)N(Cc1ccccc1)Cc1cccn1Cc1cccc(OC)c1. The molecule has 0 N–H and O–H groups in total. The van der Waals surface area contributed by atoms with E-state index in [4.69, 9.17) is 9.47 Å². The first-order chi connectivity index (χ1) is 18.0. The van der Waals surface area contributed by atoms with Crippen molar-refractivity contribution in [1.82, 2.24) is 14.4 Å². The summed E-state index contributed by atoms with van der Waals surface area (Å²) < 4.78 is 12.7. The van der Waals surface area contributed by atoms with E-state index in [-0.39, 0.29) is 18.4 Å². The Hall–Kier alpha value is -3.58. The number of methoxy groups -OCH3 is 2. The van der Waals surface area contributed by atoms with Crippen LogP contribution in [0.4, 0.5) is 0 Å². The zero-order valence-electron chi connectivity index (χ0n) is 22.3. The highest BCUT2D eigenvalue weighted by atomic mass is 16.5. The van der Waals surface area contributed by atoms with Gasteiger partial charge in [-0.05, 0) is 41.8 Å². The molecule has 3 aromatic rings. The summed E-state index contributed by atoms with van der Waals surface area (Å²) in [6.45, 7) is 4.46. The Morgan fingerprint density at radius 2 is 1.65 bits per heavy atom. The van der Waals surface area contributed by atoms with Gasteiger partial charge in [-0.3, -0.25) is 9.59 Å². The number of carbonyl (C=O) groups excluding carboxylic acids is 2. The molecule has 0 bridgehead atoms. The maximum atomic E-state index is 13.6. The number of carbonyl (C=O) groups is 2. The number of rotatable bonds is 15. The number of hydrogen-bond acceptors (Lipinski definition) is 4. The summed E-state index contributed by atoms with van der Waals surface area (Å²) in [5, 5.41) is 0. The molecule has 2 amide bonds. The third-order valence-corrected chi connectivity index (χ3v) is 6.32.